The summed E-state index contributed by atoms with van der Waals surface area (Å²) in [5.41, 5.74) is -0.287. The lowest BCUT2D eigenvalue weighted by molar-refractivity contribution is -0.384. The van der Waals surface area contributed by atoms with Gasteiger partial charge in [-0.2, -0.15) is 13.2 Å². The number of piperazine rings is 1. The van der Waals surface area contributed by atoms with Crippen LogP contribution in [0.1, 0.15) is 5.56 Å². The largest absolute Gasteiger partial charge is 0.417 e. The second-order valence-electron chi connectivity index (χ2n) is 6.51. The van der Waals surface area contributed by atoms with Crippen LogP contribution in [0.2, 0.25) is 0 Å². The lowest BCUT2D eigenvalue weighted by Crippen LogP contribution is -2.48. The highest BCUT2D eigenvalue weighted by atomic mass is 19.4. The summed E-state index contributed by atoms with van der Waals surface area (Å²) in [4.78, 5) is 26.0. The number of rotatable bonds is 4. The Morgan fingerprint density at radius 1 is 0.966 bits per heavy atom. The lowest BCUT2D eigenvalue weighted by Gasteiger charge is -2.35. The first-order valence-corrected chi connectivity index (χ1v) is 8.88. The van der Waals surface area contributed by atoms with Gasteiger partial charge in [-0.1, -0.05) is 30.3 Å². The molecule has 0 bridgehead atoms. The molecule has 3 rings (SSSR count). The maximum absolute atomic E-state index is 13.4. The van der Waals surface area contributed by atoms with Gasteiger partial charge in [0.05, 0.1) is 10.5 Å². The van der Waals surface area contributed by atoms with Crippen LogP contribution in [0.25, 0.3) is 5.57 Å². The van der Waals surface area contributed by atoms with E-state index in [0.717, 1.165) is 5.69 Å². The van der Waals surface area contributed by atoms with Crippen molar-refractivity contribution < 1.29 is 22.9 Å². The minimum Gasteiger partial charge on any atom is -0.368 e. The molecule has 0 saturated carbocycles. The van der Waals surface area contributed by atoms with E-state index >= 15 is 0 Å². The number of nitro benzene ring substituents is 1. The molecule has 2 aromatic carbocycles. The van der Waals surface area contributed by atoms with Gasteiger partial charge < -0.3 is 9.80 Å². The number of amides is 1. The molecule has 0 spiro atoms. The van der Waals surface area contributed by atoms with Crippen molar-refractivity contribution >= 4 is 22.9 Å². The molecule has 6 nitrogen and oxygen atoms in total. The van der Waals surface area contributed by atoms with Crippen molar-refractivity contribution in [2.24, 2.45) is 0 Å². The first kappa shape index (κ1) is 20.4. The van der Waals surface area contributed by atoms with E-state index in [-0.39, 0.29) is 24.3 Å². The van der Waals surface area contributed by atoms with Crippen LogP contribution in [0.15, 0.2) is 60.7 Å². The van der Waals surface area contributed by atoms with Gasteiger partial charge in [-0.3, -0.25) is 14.9 Å². The van der Waals surface area contributed by atoms with Gasteiger partial charge in [0.2, 0.25) is 5.91 Å². The first-order chi connectivity index (χ1) is 13.8. The highest BCUT2D eigenvalue weighted by Crippen LogP contribution is 2.34. The molecule has 0 atom stereocenters. The molecule has 0 unspecified atom stereocenters. The molecule has 0 aromatic heterocycles. The summed E-state index contributed by atoms with van der Waals surface area (Å²) in [5.74, 6) is -0.690. The van der Waals surface area contributed by atoms with Gasteiger partial charge in [0.1, 0.15) is 0 Å². The quantitative estimate of drug-likeness (QED) is 0.440. The second kappa shape index (κ2) is 8.34. The third kappa shape index (κ3) is 4.92. The number of benzene rings is 2. The number of alkyl halides is 3. The molecule has 1 saturated heterocycles. The average Bonchev–Trinajstić information content (AvgIpc) is 2.72. The summed E-state index contributed by atoms with van der Waals surface area (Å²) in [7, 11) is 0. The summed E-state index contributed by atoms with van der Waals surface area (Å²) >= 11 is 0. The number of nitro groups is 1. The number of anilines is 1. The Hall–Kier alpha value is -3.36. The summed E-state index contributed by atoms with van der Waals surface area (Å²) in [5, 5.41) is 10.7. The zero-order chi connectivity index (χ0) is 21.0. The minimum absolute atomic E-state index is 0.0201. The Morgan fingerprint density at radius 2 is 1.55 bits per heavy atom. The van der Waals surface area contributed by atoms with E-state index in [1.165, 1.54) is 41.3 Å². The second-order valence-corrected chi connectivity index (χ2v) is 6.51. The number of hydrogen-bond acceptors (Lipinski definition) is 4. The Bertz CT molecular complexity index is 904. The molecular formula is C20H18F3N3O3. The number of carbonyl (C=O) groups is 1. The SMILES string of the molecule is O=C(/C=C(/c1ccccc1)C(F)(F)F)N1CCN(c2ccc([N+](=O)[O-])cc2)CC1. The third-order valence-corrected chi connectivity index (χ3v) is 4.68. The van der Waals surface area contributed by atoms with Crippen LogP contribution in [0, 0.1) is 10.1 Å². The first-order valence-electron chi connectivity index (χ1n) is 8.88. The van der Waals surface area contributed by atoms with Crippen molar-refractivity contribution in [3.63, 3.8) is 0 Å². The molecule has 0 N–H and O–H groups in total. The molecule has 1 aliphatic heterocycles. The fourth-order valence-corrected chi connectivity index (χ4v) is 3.13. The highest BCUT2D eigenvalue weighted by Gasteiger charge is 2.36. The maximum atomic E-state index is 13.4. The van der Waals surface area contributed by atoms with Crippen molar-refractivity contribution in [1.82, 2.24) is 4.90 Å². The van der Waals surface area contributed by atoms with E-state index in [2.05, 4.69) is 0 Å². The Morgan fingerprint density at radius 3 is 2.07 bits per heavy atom. The van der Waals surface area contributed by atoms with Gasteiger partial charge in [-0.05, 0) is 17.7 Å². The zero-order valence-corrected chi connectivity index (χ0v) is 15.3. The van der Waals surface area contributed by atoms with Crippen LogP contribution in [0.3, 0.4) is 0 Å². The van der Waals surface area contributed by atoms with Crippen molar-refractivity contribution in [3.05, 3.63) is 76.4 Å². The molecule has 1 fully saturated rings. The Kier molecular flexibility index (Phi) is 5.86. The maximum Gasteiger partial charge on any atom is 0.417 e. The average molecular weight is 405 g/mol. The summed E-state index contributed by atoms with van der Waals surface area (Å²) in [6, 6.07) is 13.2. The van der Waals surface area contributed by atoms with Gasteiger partial charge in [0.15, 0.2) is 0 Å². The van der Waals surface area contributed by atoms with Crippen LogP contribution in [0.5, 0.6) is 0 Å². The number of allylic oxidation sites excluding steroid dienone is 1. The normalized spacial score (nSPS) is 15.3. The predicted octanol–water partition coefficient (Wildman–Crippen LogP) is 3.89. The van der Waals surface area contributed by atoms with E-state index in [0.29, 0.717) is 19.2 Å². The van der Waals surface area contributed by atoms with Crippen LogP contribution >= 0.6 is 0 Å². The van der Waals surface area contributed by atoms with Crippen molar-refractivity contribution in [2.75, 3.05) is 31.1 Å². The number of halogens is 3. The van der Waals surface area contributed by atoms with Gasteiger partial charge in [-0.15, -0.1) is 0 Å². The summed E-state index contributed by atoms with van der Waals surface area (Å²) in [6.45, 7) is 1.35. The molecule has 1 amide bonds. The molecule has 0 aliphatic carbocycles. The van der Waals surface area contributed by atoms with Gasteiger partial charge in [0, 0.05) is 50.1 Å². The van der Waals surface area contributed by atoms with E-state index in [4.69, 9.17) is 0 Å². The number of hydrogen-bond donors (Lipinski definition) is 0. The van der Waals surface area contributed by atoms with Gasteiger partial charge in [-0.25, -0.2) is 0 Å². The minimum atomic E-state index is -4.64. The molecule has 152 valence electrons. The molecule has 2 aromatic rings. The van der Waals surface area contributed by atoms with Crippen molar-refractivity contribution in [2.45, 2.75) is 6.18 Å². The number of carbonyl (C=O) groups excluding carboxylic acids is 1. The monoisotopic (exact) mass is 405 g/mol. The van der Waals surface area contributed by atoms with Crippen LogP contribution in [0.4, 0.5) is 24.5 Å². The fourth-order valence-electron chi connectivity index (χ4n) is 3.13. The predicted molar refractivity (Wildman–Crippen MR) is 102 cm³/mol. The van der Waals surface area contributed by atoms with Crippen molar-refractivity contribution in [1.29, 1.82) is 0 Å². The lowest BCUT2D eigenvalue weighted by atomic mass is 10.0. The van der Waals surface area contributed by atoms with E-state index in [1.807, 2.05) is 4.90 Å². The Labute approximate surface area is 165 Å². The molecule has 0 radical (unpaired) electrons. The highest BCUT2D eigenvalue weighted by molar-refractivity contribution is 5.96. The third-order valence-electron chi connectivity index (χ3n) is 4.68. The standard InChI is InChI=1S/C20H18F3N3O3/c21-20(22,23)18(15-4-2-1-3-5-15)14-19(27)25-12-10-24(11-13-25)16-6-8-17(9-7-16)26(28)29/h1-9,14H,10-13H2/b18-14-. The number of nitrogens with zero attached hydrogens (tertiary/aromatic N) is 3. The summed E-state index contributed by atoms with van der Waals surface area (Å²) < 4.78 is 40.2. The smallest absolute Gasteiger partial charge is 0.368 e. The summed E-state index contributed by atoms with van der Waals surface area (Å²) in [6.07, 6.45) is -3.99. The molecule has 29 heavy (non-hydrogen) atoms. The Balaban J connectivity index is 1.69. The molecule has 1 heterocycles. The van der Waals surface area contributed by atoms with E-state index in [9.17, 15) is 28.1 Å². The topological polar surface area (TPSA) is 66.7 Å². The van der Waals surface area contributed by atoms with E-state index in [1.54, 1.807) is 18.2 Å². The van der Waals surface area contributed by atoms with Crippen LogP contribution < -0.4 is 4.90 Å². The van der Waals surface area contributed by atoms with Gasteiger partial charge in [0.25, 0.3) is 5.69 Å². The number of non-ortho nitro benzene ring substituents is 1. The van der Waals surface area contributed by atoms with Crippen LogP contribution in [-0.4, -0.2) is 48.1 Å². The van der Waals surface area contributed by atoms with Crippen molar-refractivity contribution in [3.8, 4) is 0 Å². The van der Waals surface area contributed by atoms with E-state index < -0.39 is 22.6 Å². The van der Waals surface area contributed by atoms with Crippen LogP contribution in [-0.2, 0) is 4.79 Å². The van der Waals surface area contributed by atoms with Gasteiger partial charge >= 0.3 is 6.18 Å². The molecular weight excluding hydrogens is 387 g/mol. The molecule has 1 aliphatic rings. The molecule has 9 heteroatoms. The zero-order valence-electron chi connectivity index (χ0n) is 15.3. The fraction of sp³-hybridized carbons (Fsp3) is 0.250.